The van der Waals surface area contributed by atoms with Crippen LogP contribution in [0.4, 0.5) is 5.69 Å². The number of nitrogen functional groups attached to an aromatic ring is 1. The average molecular weight is 253 g/mol. The summed E-state index contributed by atoms with van der Waals surface area (Å²) in [6, 6.07) is 2.89. The van der Waals surface area contributed by atoms with Crippen LogP contribution in [-0.4, -0.2) is 23.3 Å². The molecule has 100 valence electrons. The zero-order valence-electron chi connectivity index (χ0n) is 11.1. The second kappa shape index (κ2) is 5.62. The van der Waals surface area contributed by atoms with Gasteiger partial charge in [-0.15, -0.1) is 0 Å². The number of ether oxygens (including phenoxy) is 2. The molecule has 0 radical (unpaired) electrons. The number of anilines is 1. The van der Waals surface area contributed by atoms with Crippen LogP contribution in [0.2, 0.25) is 0 Å². The largest absolute Gasteiger partial charge is 0.487 e. The molecule has 0 spiro atoms. The minimum Gasteiger partial charge on any atom is -0.487 e. The number of carboxylic acids is 1. The highest BCUT2D eigenvalue weighted by molar-refractivity contribution is 5.94. The predicted octanol–water partition coefficient (Wildman–Crippen LogP) is 2.54. The summed E-state index contributed by atoms with van der Waals surface area (Å²) in [7, 11) is 0. The van der Waals surface area contributed by atoms with Crippen molar-refractivity contribution in [2.24, 2.45) is 0 Å². The molecule has 0 aliphatic rings. The van der Waals surface area contributed by atoms with Crippen LogP contribution in [0.1, 0.15) is 38.1 Å². The molecule has 0 aliphatic carbocycles. The Kier molecular flexibility index (Phi) is 4.42. The van der Waals surface area contributed by atoms with E-state index >= 15 is 0 Å². The number of carboxylic acid groups (broad SMARTS) is 1. The lowest BCUT2D eigenvalue weighted by molar-refractivity contribution is 0.0697. The highest BCUT2D eigenvalue weighted by Gasteiger charge is 2.16. The second-order valence-corrected chi connectivity index (χ2v) is 4.52. The Bertz CT molecular complexity index is 441. The molecule has 0 saturated heterocycles. The van der Waals surface area contributed by atoms with Gasteiger partial charge >= 0.3 is 5.97 Å². The van der Waals surface area contributed by atoms with Gasteiger partial charge in [-0.25, -0.2) is 4.79 Å². The van der Waals surface area contributed by atoms with Crippen molar-refractivity contribution >= 4 is 11.7 Å². The van der Waals surface area contributed by atoms with E-state index in [4.69, 9.17) is 20.3 Å². The normalized spacial score (nSPS) is 10.8. The SMILES string of the molecule is CC(C)Oc1cc(N)c(C(=O)O)cc1OC(C)C. The predicted molar refractivity (Wildman–Crippen MR) is 69.3 cm³/mol. The number of aromatic carboxylic acids is 1. The maximum atomic E-state index is 11.0. The van der Waals surface area contributed by atoms with E-state index in [0.29, 0.717) is 11.5 Å². The molecule has 3 N–H and O–H groups in total. The third-order valence-electron chi connectivity index (χ3n) is 2.07. The van der Waals surface area contributed by atoms with Gasteiger partial charge in [0.1, 0.15) is 0 Å². The molecule has 1 aromatic carbocycles. The fraction of sp³-hybridized carbons (Fsp3) is 0.462. The maximum Gasteiger partial charge on any atom is 0.337 e. The van der Waals surface area contributed by atoms with Crippen molar-refractivity contribution in [1.29, 1.82) is 0 Å². The van der Waals surface area contributed by atoms with Crippen LogP contribution >= 0.6 is 0 Å². The van der Waals surface area contributed by atoms with E-state index in [1.807, 2.05) is 27.7 Å². The lowest BCUT2D eigenvalue weighted by atomic mass is 10.1. The Hall–Kier alpha value is -1.91. The first-order valence-corrected chi connectivity index (χ1v) is 5.81. The van der Waals surface area contributed by atoms with Gasteiger partial charge < -0.3 is 20.3 Å². The highest BCUT2D eigenvalue weighted by Crippen LogP contribution is 2.33. The zero-order valence-corrected chi connectivity index (χ0v) is 11.1. The molecule has 0 atom stereocenters. The molecule has 0 heterocycles. The Morgan fingerprint density at radius 1 is 1.11 bits per heavy atom. The summed E-state index contributed by atoms with van der Waals surface area (Å²) < 4.78 is 11.1. The monoisotopic (exact) mass is 253 g/mol. The number of benzene rings is 1. The van der Waals surface area contributed by atoms with E-state index < -0.39 is 5.97 Å². The summed E-state index contributed by atoms with van der Waals surface area (Å²) in [5.74, 6) is -0.233. The summed E-state index contributed by atoms with van der Waals surface area (Å²) in [5, 5.41) is 9.02. The first-order chi connectivity index (χ1) is 8.31. The van der Waals surface area contributed by atoms with Crippen molar-refractivity contribution in [3.05, 3.63) is 17.7 Å². The molecule has 0 bridgehead atoms. The molecule has 5 heteroatoms. The number of rotatable bonds is 5. The van der Waals surface area contributed by atoms with Crippen molar-refractivity contribution in [3.8, 4) is 11.5 Å². The van der Waals surface area contributed by atoms with E-state index in [-0.39, 0.29) is 23.5 Å². The van der Waals surface area contributed by atoms with Gasteiger partial charge in [-0.2, -0.15) is 0 Å². The van der Waals surface area contributed by atoms with E-state index in [9.17, 15) is 4.79 Å². The van der Waals surface area contributed by atoms with Crippen LogP contribution in [0, 0.1) is 0 Å². The van der Waals surface area contributed by atoms with Crippen molar-refractivity contribution in [1.82, 2.24) is 0 Å². The van der Waals surface area contributed by atoms with E-state index in [0.717, 1.165) is 0 Å². The highest BCUT2D eigenvalue weighted by atomic mass is 16.5. The Morgan fingerprint density at radius 2 is 1.56 bits per heavy atom. The topological polar surface area (TPSA) is 81.8 Å². The van der Waals surface area contributed by atoms with Gasteiger partial charge in [0.15, 0.2) is 11.5 Å². The molecule has 0 unspecified atom stereocenters. The average Bonchev–Trinajstić information content (AvgIpc) is 2.19. The first kappa shape index (κ1) is 14.2. The molecule has 1 aromatic rings. The van der Waals surface area contributed by atoms with Crippen molar-refractivity contribution < 1.29 is 19.4 Å². The van der Waals surface area contributed by atoms with E-state index in [1.54, 1.807) is 0 Å². The van der Waals surface area contributed by atoms with E-state index in [2.05, 4.69) is 0 Å². The first-order valence-electron chi connectivity index (χ1n) is 5.81. The Labute approximate surface area is 107 Å². The van der Waals surface area contributed by atoms with Crippen LogP contribution in [0.15, 0.2) is 12.1 Å². The molecule has 0 aliphatic heterocycles. The third kappa shape index (κ3) is 3.55. The van der Waals surface area contributed by atoms with Gasteiger partial charge in [-0.3, -0.25) is 0 Å². The minimum atomic E-state index is -1.09. The van der Waals surface area contributed by atoms with Crippen LogP contribution in [0.25, 0.3) is 0 Å². The molecule has 0 aromatic heterocycles. The fourth-order valence-corrected chi connectivity index (χ4v) is 1.45. The summed E-state index contributed by atoms with van der Waals surface area (Å²) in [5.41, 5.74) is 5.86. The second-order valence-electron chi connectivity index (χ2n) is 4.52. The van der Waals surface area contributed by atoms with Gasteiger partial charge in [-0.1, -0.05) is 0 Å². The minimum absolute atomic E-state index is 0.0155. The lowest BCUT2D eigenvalue weighted by Gasteiger charge is -2.18. The molecule has 18 heavy (non-hydrogen) atoms. The number of nitrogens with two attached hydrogens (primary N) is 1. The molecule has 0 amide bonds. The Morgan fingerprint density at radius 3 is 1.94 bits per heavy atom. The van der Waals surface area contributed by atoms with Crippen LogP contribution < -0.4 is 15.2 Å². The van der Waals surface area contributed by atoms with Crippen LogP contribution in [-0.2, 0) is 0 Å². The maximum absolute atomic E-state index is 11.0. The van der Waals surface area contributed by atoms with Gasteiger partial charge in [0.25, 0.3) is 0 Å². The van der Waals surface area contributed by atoms with Gasteiger partial charge in [0.2, 0.25) is 0 Å². The van der Waals surface area contributed by atoms with Gasteiger partial charge in [0, 0.05) is 12.1 Å². The van der Waals surface area contributed by atoms with Crippen LogP contribution in [0.5, 0.6) is 11.5 Å². The third-order valence-corrected chi connectivity index (χ3v) is 2.07. The number of hydrogen-bond acceptors (Lipinski definition) is 4. The number of carbonyl (C=O) groups is 1. The molecule has 1 rings (SSSR count). The fourth-order valence-electron chi connectivity index (χ4n) is 1.45. The molecule has 0 saturated carbocycles. The van der Waals surface area contributed by atoms with E-state index in [1.165, 1.54) is 12.1 Å². The summed E-state index contributed by atoms with van der Waals surface area (Å²) in [6.07, 6.45) is -0.126. The summed E-state index contributed by atoms with van der Waals surface area (Å²) >= 11 is 0. The molecular weight excluding hydrogens is 234 g/mol. The molecule has 5 nitrogen and oxygen atoms in total. The summed E-state index contributed by atoms with van der Waals surface area (Å²) in [4.78, 5) is 11.0. The summed E-state index contributed by atoms with van der Waals surface area (Å²) in [6.45, 7) is 7.47. The molecular formula is C13H19NO4. The Balaban J connectivity index is 3.22. The van der Waals surface area contributed by atoms with Crippen molar-refractivity contribution in [2.45, 2.75) is 39.9 Å². The van der Waals surface area contributed by atoms with Gasteiger partial charge in [0.05, 0.1) is 23.5 Å². The van der Waals surface area contributed by atoms with Crippen molar-refractivity contribution in [3.63, 3.8) is 0 Å². The quantitative estimate of drug-likeness (QED) is 0.788. The van der Waals surface area contributed by atoms with Crippen LogP contribution in [0.3, 0.4) is 0 Å². The zero-order chi connectivity index (χ0) is 13.9. The smallest absolute Gasteiger partial charge is 0.337 e. The molecule has 0 fully saturated rings. The number of hydrogen-bond donors (Lipinski definition) is 2. The van der Waals surface area contributed by atoms with Crippen molar-refractivity contribution in [2.75, 3.05) is 5.73 Å². The van der Waals surface area contributed by atoms with Gasteiger partial charge in [-0.05, 0) is 27.7 Å². The standard InChI is InChI=1S/C13H19NO4/c1-7(2)17-11-5-9(13(15)16)10(14)6-12(11)18-8(3)4/h5-8H,14H2,1-4H3,(H,15,16). The lowest BCUT2D eigenvalue weighted by Crippen LogP contribution is -2.13.